The summed E-state index contributed by atoms with van der Waals surface area (Å²) < 4.78 is 0. The molecule has 0 bridgehead atoms. The van der Waals surface area contributed by atoms with Crippen LogP contribution in [0.3, 0.4) is 0 Å². The first-order valence-corrected chi connectivity index (χ1v) is 3.92. The lowest BCUT2D eigenvalue weighted by molar-refractivity contribution is -0.119. The van der Waals surface area contributed by atoms with Gasteiger partial charge in [-0.25, -0.2) is 0 Å². The van der Waals surface area contributed by atoms with Gasteiger partial charge >= 0.3 is 0 Å². The Morgan fingerprint density at radius 1 is 1.20 bits per heavy atom. The van der Waals surface area contributed by atoms with Crippen LogP contribution in [0, 0.1) is 6.08 Å². The van der Waals surface area contributed by atoms with E-state index < -0.39 is 23.8 Å². The number of hydrogen-bond acceptors (Lipinski definition) is 4. The third-order valence-corrected chi connectivity index (χ3v) is 1.70. The fourth-order valence-electron chi connectivity index (χ4n) is 1.00. The number of carbonyl (C=O) groups is 3. The SMILES string of the molecule is NC(=O)C1=[C]C(C(N)=O)NC(C(N)=O)=C1. The monoisotopic (exact) mass is 209 g/mol. The summed E-state index contributed by atoms with van der Waals surface area (Å²) in [4.78, 5) is 32.5. The van der Waals surface area contributed by atoms with E-state index in [4.69, 9.17) is 17.2 Å². The quantitative estimate of drug-likeness (QED) is 0.393. The second-order valence-corrected chi connectivity index (χ2v) is 2.82. The maximum atomic E-state index is 10.8. The number of hydrogen-bond donors (Lipinski definition) is 4. The number of carbonyl (C=O) groups excluding carboxylic acids is 3. The van der Waals surface area contributed by atoms with Gasteiger partial charge in [0.05, 0.1) is 0 Å². The summed E-state index contributed by atoms with van der Waals surface area (Å²) in [7, 11) is 0. The molecule has 7 nitrogen and oxygen atoms in total. The number of nitrogens with one attached hydrogen (secondary N) is 1. The van der Waals surface area contributed by atoms with Crippen molar-refractivity contribution >= 4 is 17.7 Å². The molecular weight excluding hydrogens is 200 g/mol. The predicted octanol–water partition coefficient (Wildman–Crippen LogP) is -2.97. The fourth-order valence-corrected chi connectivity index (χ4v) is 1.00. The Balaban J connectivity index is 3.07. The van der Waals surface area contributed by atoms with Crippen molar-refractivity contribution in [3.63, 3.8) is 0 Å². The van der Waals surface area contributed by atoms with Gasteiger partial charge in [0, 0.05) is 11.6 Å². The van der Waals surface area contributed by atoms with Crippen molar-refractivity contribution in [2.75, 3.05) is 0 Å². The summed E-state index contributed by atoms with van der Waals surface area (Å²) >= 11 is 0. The molecule has 1 rings (SSSR count). The molecule has 15 heavy (non-hydrogen) atoms. The van der Waals surface area contributed by atoms with Gasteiger partial charge in [0.15, 0.2) is 0 Å². The number of dihydropyridines is 1. The highest BCUT2D eigenvalue weighted by Gasteiger charge is 2.23. The fraction of sp³-hybridized carbons (Fsp3) is 0.125. The van der Waals surface area contributed by atoms with E-state index in [1.807, 2.05) is 0 Å². The minimum atomic E-state index is -1.08. The predicted molar refractivity (Wildman–Crippen MR) is 49.3 cm³/mol. The third kappa shape index (κ3) is 2.33. The van der Waals surface area contributed by atoms with Gasteiger partial charge < -0.3 is 22.5 Å². The summed E-state index contributed by atoms with van der Waals surface area (Å²) in [5, 5.41) is 2.41. The van der Waals surface area contributed by atoms with Crippen molar-refractivity contribution < 1.29 is 14.4 Å². The standard InChI is InChI=1S/C8H9N4O3/c9-6(13)3-1-4(7(10)14)12-5(2-3)8(11)15/h1,5,12H,(H2,9,13)(H2,10,14)(H2,11,15). The number of amides is 3. The second-order valence-electron chi connectivity index (χ2n) is 2.82. The normalized spacial score (nSPS) is 19.6. The smallest absolute Gasteiger partial charge is 0.264 e. The van der Waals surface area contributed by atoms with Crippen molar-refractivity contribution in [3.05, 3.63) is 23.4 Å². The molecule has 1 aliphatic heterocycles. The molecule has 1 atom stereocenters. The summed E-state index contributed by atoms with van der Waals surface area (Å²) in [6.45, 7) is 0. The van der Waals surface area contributed by atoms with E-state index in [2.05, 4.69) is 11.4 Å². The molecule has 0 aromatic carbocycles. The van der Waals surface area contributed by atoms with Crippen LogP contribution in [0.15, 0.2) is 17.3 Å². The van der Waals surface area contributed by atoms with Crippen LogP contribution >= 0.6 is 0 Å². The molecular formula is C8H9N4O3. The van der Waals surface area contributed by atoms with Crippen LogP contribution in [0.25, 0.3) is 0 Å². The van der Waals surface area contributed by atoms with Crippen LogP contribution in [0.4, 0.5) is 0 Å². The molecule has 1 unspecified atom stereocenters. The molecule has 0 saturated heterocycles. The highest BCUT2D eigenvalue weighted by molar-refractivity contribution is 6.01. The minimum Gasteiger partial charge on any atom is -0.368 e. The maximum Gasteiger partial charge on any atom is 0.264 e. The van der Waals surface area contributed by atoms with Gasteiger partial charge in [0.2, 0.25) is 11.8 Å². The van der Waals surface area contributed by atoms with Crippen molar-refractivity contribution in [3.8, 4) is 0 Å². The van der Waals surface area contributed by atoms with Crippen LogP contribution in [0.2, 0.25) is 0 Å². The second kappa shape index (κ2) is 3.82. The summed E-state index contributed by atoms with van der Waals surface area (Å²) in [6, 6.07) is -1.08. The molecule has 0 saturated carbocycles. The Hall–Kier alpha value is -2.31. The lowest BCUT2D eigenvalue weighted by atomic mass is 10.0. The van der Waals surface area contributed by atoms with Crippen molar-refractivity contribution in [1.29, 1.82) is 0 Å². The Bertz CT molecular complexity index is 397. The van der Waals surface area contributed by atoms with E-state index in [-0.39, 0.29) is 11.3 Å². The molecule has 0 aromatic heterocycles. The highest BCUT2D eigenvalue weighted by Crippen LogP contribution is 2.08. The summed E-state index contributed by atoms with van der Waals surface area (Å²) in [6.07, 6.45) is 3.52. The molecule has 0 aromatic rings. The van der Waals surface area contributed by atoms with E-state index in [1.165, 1.54) is 0 Å². The molecule has 1 radical (unpaired) electrons. The molecule has 1 heterocycles. The molecule has 3 amide bonds. The van der Waals surface area contributed by atoms with Gasteiger partial charge in [-0.1, -0.05) is 0 Å². The number of nitrogens with two attached hydrogens (primary N) is 3. The minimum absolute atomic E-state index is 0.105. The zero-order valence-electron chi connectivity index (χ0n) is 7.61. The van der Waals surface area contributed by atoms with Crippen LogP contribution in [0.1, 0.15) is 0 Å². The molecule has 0 fully saturated rings. The van der Waals surface area contributed by atoms with Gasteiger partial charge in [-0.05, 0) is 6.08 Å². The summed E-state index contributed by atoms with van der Waals surface area (Å²) in [5.74, 6) is -2.43. The van der Waals surface area contributed by atoms with Crippen LogP contribution in [-0.2, 0) is 14.4 Å². The van der Waals surface area contributed by atoms with Crippen LogP contribution in [0.5, 0.6) is 0 Å². The van der Waals surface area contributed by atoms with Gasteiger partial charge in [0.1, 0.15) is 11.7 Å². The van der Waals surface area contributed by atoms with E-state index in [9.17, 15) is 14.4 Å². The zero-order valence-corrected chi connectivity index (χ0v) is 7.61. The Kier molecular flexibility index (Phi) is 2.75. The lowest BCUT2D eigenvalue weighted by Crippen LogP contribution is -2.45. The Morgan fingerprint density at radius 3 is 2.20 bits per heavy atom. The Labute approximate surface area is 85.0 Å². The average Bonchev–Trinajstić information content (AvgIpc) is 2.16. The topological polar surface area (TPSA) is 141 Å². The van der Waals surface area contributed by atoms with Gasteiger partial charge in [-0.15, -0.1) is 0 Å². The molecule has 7 heteroatoms. The van der Waals surface area contributed by atoms with Gasteiger partial charge in [-0.3, -0.25) is 14.4 Å². The van der Waals surface area contributed by atoms with E-state index in [1.54, 1.807) is 0 Å². The first kappa shape index (κ1) is 10.8. The third-order valence-electron chi connectivity index (χ3n) is 1.70. The first-order chi connectivity index (χ1) is 6.91. The van der Waals surface area contributed by atoms with E-state index in [0.29, 0.717) is 0 Å². The lowest BCUT2D eigenvalue weighted by Gasteiger charge is -2.18. The first-order valence-electron chi connectivity index (χ1n) is 3.92. The van der Waals surface area contributed by atoms with Crippen molar-refractivity contribution in [1.82, 2.24) is 5.32 Å². The molecule has 1 aliphatic rings. The number of primary amides is 3. The molecule has 79 valence electrons. The van der Waals surface area contributed by atoms with E-state index >= 15 is 0 Å². The van der Waals surface area contributed by atoms with Crippen LogP contribution in [-0.4, -0.2) is 23.8 Å². The van der Waals surface area contributed by atoms with E-state index in [0.717, 1.165) is 6.08 Å². The summed E-state index contributed by atoms with van der Waals surface area (Å²) in [5.41, 5.74) is 14.7. The van der Waals surface area contributed by atoms with Crippen molar-refractivity contribution in [2.24, 2.45) is 17.2 Å². The average molecular weight is 209 g/mol. The number of rotatable bonds is 3. The van der Waals surface area contributed by atoms with Gasteiger partial charge in [0.25, 0.3) is 5.91 Å². The highest BCUT2D eigenvalue weighted by atomic mass is 16.2. The zero-order chi connectivity index (χ0) is 11.6. The van der Waals surface area contributed by atoms with Crippen LogP contribution < -0.4 is 22.5 Å². The maximum absolute atomic E-state index is 10.8. The molecule has 7 N–H and O–H groups in total. The van der Waals surface area contributed by atoms with Crippen molar-refractivity contribution in [2.45, 2.75) is 6.04 Å². The Morgan fingerprint density at radius 2 is 1.80 bits per heavy atom. The van der Waals surface area contributed by atoms with Gasteiger partial charge in [-0.2, -0.15) is 0 Å². The molecule has 0 spiro atoms. The molecule has 0 aliphatic carbocycles. The largest absolute Gasteiger partial charge is 0.368 e.